The molecule has 0 aromatic heterocycles. The van der Waals surface area contributed by atoms with Crippen molar-refractivity contribution in [1.82, 2.24) is 0 Å². The smallest absolute Gasteiger partial charge is 1.00 e. The van der Waals surface area contributed by atoms with Crippen LogP contribution in [0.1, 0.15) is 41.5 Å². The van der Waals surface area contributed by atoms with E-state index in [9.17, 15) is 0 Å². The van der Waals surface area contributed by atoms with Crippen LogP contribution in [0.3, 0.4) is 0 Å². The Labute approximate surface area is 153 Å². The molecule has 0 unspecified atom stereocenters. The van der Waals surface area contributed by atoms with Crippen molar-refractivity contribution in [2.24, 2.45) is 0 Å². The summed E-state index contributed by atoms with van der Waals surface area (Å²) in [6.45, 7) is 19.7. The summed E-state index contributed by atoms with van der Waals surface area (Å²) in [7, 11) is -2.47. The van der Waals surface area contributed by atoms with Crippen molar-refractivity contribution in [1.29, 1.82) is 0 Å². The maximum atomic E-state index is 5.70. The van der Waals surface area contributed by atoms with Crippen molar-refractivity contribution in [2.45, 2.75) is 52.7 Å². The molecule has 0 atom stereocenters. The van der Waals surface area contributed by atoms with Crippen LogP contribution in [0.15, 0.2) is 0 Å². The largest absolute Gasteiger partial charge is 2.00 e. The van der Waals surface area contributed by atoms with Crippen molar-refractivity contribution in [3.05, 3.63) is 13.1 Å². The molecule has 0 amide bonds. The predicted molar refractivity (Wildman–Crippen MR) is 69.7 cm³/mol. The zero-order valence-corrected chi connectivity index (χ0v) is 17.2. The Morgan fingerprint density at radius 2 is 0.882 bits per heavy atom. The van der Waals surface area contributed by atoms with Gasteiger partial charge >= 0.3 is 46.1 Å². The second kappa shape index (κ2) is 11.0. The first-order chi connectivity index (χ1) is 5.41. The van der Waals surface area contributed by atoms with Gasteiger partial charge < -0.3 is 46.8 Å². The van der Waals surface area contributed by atoms with E-state index in [1.54, 1.807) is 0 Å². The second-order valence-electron chi connectivity index (χ2n) is 5.34. The standard InChI is InChI=1S/C10H22O2Si.2ClH.2Mg/c1-9(2,3)11-13(7,8)12-10(4,5)6;;;;/h7-8H2,1-6H3;2*1H;;/q-2;;;2*+2/p-2. The molecule has 0 spiro atoms. The molecule has 0 bridgehead atoms. The molecular weight excluding hydrogens is 300 g/mol. The van der Waals surface area contributed by atoms with E-state index in [0.29, 0.717) is 0 Å². The molecule has 0 radical (unpaired) electrons. The van der Waals surface area contributed by atoms with E-state index < -0.39 is 8.56 Å². The summed E-state index contributed by atoms with van der Waals surface area (Å²) in [5.74, 6) is 0. The third-order valence-corrected chi connectivity index (χ3v) is 2.95. The number of hydrogen-bond acceptors (Lipinski definition) is 2. The van der Waals surface area contributed by atoms with E-state index in [0.717, 1.165) is 0 Å². The van der Waals surface area contributed by atoms with Gasteiger partial charge in [0, 0.05) is 19.8 Å². The number of halogens is 2. The first-order valence-electron chi connectivity index (χ1n) is 4.52. The van der Waals surface area contributed by atoms with Crippen LogP contribution in [0, 0.1) is 13.1 Å². The van der Waals surface area contributed by atoms with E-state index >= 15 is 0 Å². The van der Waals surface area contributed by atoms with E-state index in [-0.39, 0.29) is 82.1 Å². The topological polar surface area (TPSA) is 18.5 Å². The van der Waals surface area contributed by atoms with Crippen molar-refractivity contribution in [3.63, 3.8) is 0 Å². The number of hydrogen-bond donors (Lipinski definition) is 0. The second-order valence-corrected chi connectivity index (χ2v) is 7.57. The molecule has 96 valence electrons. The van der Waals surface area contributed by atoms with Gasteiger partial charge in [0.2, 0.25) is 0 Å². The van der Waals surface area contributed by atoms with Crippen LogP contribution in [-0.2, 0) is 8.85 Å². The van der Waals surface area contributed by atoms with Crippen molar-refractivity contribution < 1.29 is 33.7 Å². The van der Waals surface area contributed by atoms with Crippen molar-refractivity contribution in [3.8, 4) is 0 Å². The van der Waals surface area contributed by atoms with Crippen LogP contribution in [-0.4, -0.2) is 65.9 Å². The van der Waals surface area contributed by atoms with Gasteiger partial charge in [0.15, 0.2) is 0 Å². The molecule has 0 aliphatic carbocycles. The van der Waals surface area contributed by atoms with Gasteiger partial charge in [-0.05, 0) is 41.5 Å². The van der Waals surface area contributed by atoms with E-state index in [1.807, 2.05) is 41.5 Å². The zero-order valence-electron chi connectivity index (χ0n) is 11.9. The summed E-state index contributed by atoms with van der Waals surface area (Å²) in [6, 6.07) is 0. The summed E-state index contributed by atoms with van der Waals surface area (Å²) < 4.78 is 11.4. The van der Waals surface area contributed by atoms with Gasteiger partial charge in [-0.3, -0.25) is 0 Å². The Morgan fingerprint density at radius 3 is 1.00 bits per heavy atom. The van der Waals surface area contributed by atoms with Gasteiger partial charge in [0.25, 0.3) is 0 Å². The Kier molecular flexibility index (Phi) is 20.4. The molecular formula is C10H22Cl2Mg2O2Si. The van der Waals surface area contributed by atoms with Crippen molar-refractivity contribution in [2.75, 3.05) is 0 Å². The predicted octanol–water partition coefficient (Wildman–Crippen LogP) is -3.95. The Hall–Kier alpha value is 2.25. The molecule has 0 aliphatic heterocycles. The molecule has 0 aromatic rings. The summed E-state index contributed by atoms with van der Waals surface area (Å²) in [5.41, 5.74) is -0.470. The van der Waals surface area contributed by atoms with Crippen LogP contribution in [0.2, 0.25) is 0 Å². The van der Waals surface area contributed by atoms with Gasteiger partial charge in [-0.25, -0.2) is 0 Å². The van der Waals surface area contributed by atoms with Gasteiger partial charge in [-0.2, -0.15) is 0 Å². The Bertz CT molecular complexity index is 162. The van der Waals surface area contributed by atoms with Crippen LogP contribution in [0.25, 0.3) is 0 Å². The SMILES string of the molecule is [CH2-][Si]([CH2-])(OC(C)(C)C)OC(C)(C)C.[Cl-].[Cl-].[Mg+2].[Mg+2]. The van der Waals surface area contributed by atoms with Crippen LogP contribution in [0.4, 0.5) is 0 Å². The van der Waals surface area contributed by atoms with E-state index in [1.165, 1.54) is 0 Å². The minimum Gasteiger partial charge on any atom is -1.00 e. The zero-order chi connectivity index (χ0) is 10.9. The van der Waals surface area contributed by atoms with Crippen LogP contribution >= 0.6 is 0 Å². The molecule has 0 rings (SSSR count). The normalized spacial score (nSPS) is 11.3. The quantitative estimate of drug-likeness (QED) is 0.382. The summed E-state index contributed by atoms with van der Waals surface area (Å²) in [5, 5.41) is 0. The average Bonchev–Trinajstić information content (AvgIpc) is 1.43. The van der Waals surface area contributed by atoms with E-state index in [2.05, 4.69) is 13.1 Å². The minimum atomic E-state index is -2.47. The molecule has 0 N–H and O–H groups in total. The molecule has 0 heterocycles. The van der Waals surface area contributed by atoms with Gasteiger partial charge in [-0.15, -0.1) is 0 Å². The van der Waals surface area contributed by atoms with Crippen LogP contribution in [0.5, 0.6) is 0 Å². The molecule has 17 heavy (non-hydrogen) atoms. The fourth-order valence-corrected chi connectivity index (χ4v) is 3.41. The summed E-state index contributed by atoms with van der Waals surface area (Å²) in [6.07, 6.45) is 0. The fourth-order valence-electron chi connectivity index (χ4n) is 1.14. The first-order valence-corrected chi connectivity index (χ1v) is 6.75. The fraction of sp³-hybridized carbons (Fsp3) is 0.800. The minimum absolute atomic E-state index is 0. The third-order valence-electron chi connectivity index (χ3n) is 0.984. The molecule has 0 saturated heterocycles. The Balaban J connectivity index is -0.000000120. The van der Waals surface area contributed by atoms with Crippen molar-refractivity contribution >= 4 is 54.7 Å². The van der Waals surface area contributed by atoms with Gasteiger partial charge in [0.1, 0.15) is 0 Å². The monoisotopic (exact) mass is 320 g/mol. The maximum Gasteiger partial charge on any atom is 2.00 e. The Morgan fingerprint density at radius 1 is 0.706 bits per heavy atom. The molecule has 0 saturated carbocycles. The summed E-state index contributed by atoms with van der Waals surface area (Å²) >= 11 is 0. The van der Waals surface area contributed by atoms with Gasteiger partial charge in [0.05, 0.1) is 0 Å². The molecule has 2 nitrogen and oxygen atoms in total. The number of rotatable bonds is 2. The molecule has 0 fully saturated rings. The maximum absolute atomic E-state index is 5.70. The molecule has 7 heteroatoms. The van der Waals surface area contributed by atoms with Gasteiger partial charge in [-0.1, -0.05) is 0 Å². The molecule has 0 aromatic carbocycles. The van der Waals surface area contributed by atoms with E-state index in [4.69, 9.17) is 8.85 Å². The third kappa shape index (κ3) is 23.7. The first kappa shape index (κ1) is 31.6. The molecule has 0 aliphatic rings. The average molecular weight is 322 g/mol. The summed E-state index contributed by atoms with van der Waals surface area (Å²) in [4.78, 5) is 0. The van der Waals surface area contributed by atoms with Crippen LogP contribution < -0.4 is 24.8 Å².